The van der Waals surface area contributed by atoms with Crippen LogP contribution in [0.2, 0.25) is 0 Å². The first kappa shape index (κ1) is 34.2. The van der Waals surface area contributed by atoms with Crippen molar-refractivity contribution in [1.82, 2.24) is 19.8 Å². The number of hydrogen-bond acceptors (Lipinski definition) is 9. The number of likely N-dealkylation sites (tertiary alicyclic amines) is 2. The number of nitrogens with two attached hydrogens (primary N) is 1. The van der Waals surface area contributed by atoms with Crippen LogP contribution < -0.4 is 10.5 Å². The summed E-state index contributed by atoms with van der Waals surface area (Å²) in [7, 11) is 0. The SMILES string of the molecule is CC(C)(O)C#Cc1cccc(COc2cc(-c3cnc(C4CCN(C(=O)C5CCN(C(=O)OC(C)(C)C)CC5)CC4)s3)cnc2N)c1. The molecule has 250 valence electrons. The van der Waals surface area contributed by atoms with Crippen LogP contribution in [-0.2, 0) is 16.1 Å². The van der Waals surface area contributed by atoms with Gasteiger partial charge >= 0.3 is 6.09 Å². The highest BCUT2D eigenvalue weighted by Gasteiger charge is 2.34. The van der Waals surface area contributed by atoms with Gasteiger partial charge in [-0.15, -0.1) is 11.3 Å². The molecule has 0 radical (unpaired) electrons. The van der Waals surface area contributed by atoms with Gasteiger partial charge in [-0.25, -0.2) is 14.8 Å². The molecule has 1 aromatic carbocycles. The lowest BCUT2D eigenvalue weighted by atomic mass is 9.92. The fourth-order valence-electron chi connectivity index (χ4n) is 5.68. The van der Waals surface area contributed by atoms with E-state index in [2.05, 4.69) is 16.8 Å². The highest BCUT2D eigenvalue weighted by molar-refractivity contribution is 7.15. The van der Waals surface area contributed by atoms with Crippen LogP contribution in [0.3, 0.4) is 0 Å². The van der Waals surface area contributed by atoms with E-state index in [9.17, 15) is 14.7 Å². The first-order valence-corrected chi connectivity index (χ1v) is 17.0. The molecular weight excluding hydrogens is 614 g/mol. The van der Waals surface area contributed by atoms with Crippen molar-refractivity contribution in [3.63, 3.8) is 0 Å². The molecule has 2 amide bonds. The Balaban J connectivity index is 1.13. The Labute approximate surface area is 281 Å². The molecule has 3 N–H and O–H groups in total. The molecule has 0 atom stereocenters. The van der Waals surface area contributed by atoms with Crippen LogP contribution in [0, 0.1) is 17.8 Å². The zero-order valence-electron chi connectivity index (χ0n) is 27.9. The normalized spacial score (nSPS) is 16.4. The summed E-state index contributed by atoms with van der Waals surface area (Å²) in [5.74, 6) is 7.06. The standard InChI is InChI=1S/C36H45N5O5S/c1-35(2,3)46-34(43)41-17-12-27(13-18-41)33(42)40-15-10-26(11-16-40)32-39-22-30(47-32)28-20-29(31(37)38-21-28)45-23-25-8-6-7-24(19-25)9-14-36(4,5)44/h6-8,19-22,26-27,44H,10-13,15-18,23H2,1-5H3,(H2,37,38). The summed E-state index contributed by atoms with van der Waals surface area (Å²) in [6, 6.07) is 9.57. The van der Waals surface area contributed by atoms with Gasteiger partial charge in [0.2, 0.25) is 5.91 Å². The number of nitrogen functional groups attached to an aromatic ring is 1. The fourth-order valence-corrected chi connectivity index (χ4v) is 6.75. The lowest BCUT2D eigenvalue weighted by Gasteiger charge is -2.37. The Morgan fingerprint density at radius 1 is 1.00 bits per heavy atom. The topological polar surface area (TPSA) is 131 Å². The summed E-state index contributed by atoms with van der Waals surface area (Å²) in [5, 5.41) is 11.0. The van der Waals surface area contributed by atoms with Gasteiger partial charge in [0.15, 0.2) is 11.6 Å². The van der Waals surface area contributed by atoms with Crippen molar-refractivity contribution in [2.75, 3.05) is 31.9 Å². The molecule has 2 aliphatic rings. The summed E-state index contributed by atoms with van der Waals surface area (Å²) in [6.45, 7) is 11.7. The smallest absolute Gasteiger partial charge is 0.410 e. The highest BCUT2D eigenvalue weighted by Crippen LogP contribution is 2.37. The van der Waals surface area contributed by atoms with Gasteiger partial charge in [0, 0.05) is 61.5 Å². The molecular formula is C36H45N5O5S. The van der Waals surface area contributed by atoms with E-state index in [-0.39, 0.29) is 23.8 Å². The molecule has 11 heteroatoms. The fraction of sp³-hybridized carbons (Fsp3) is 0.500. The van der Waals surface area contributed by atoms with Crippen LogP contribution in [0.4, 0.5) is 10.6 Å². The third kappa shape index (κ3) is 9.46. The number of benzene rings is 1. The van der Waals surface area contributed by atoms with E-state index in [1.54, 1.807) is 36.3 Å². The molecule has 10 nitrogen and oxygen atoms in total. The second kappa shape index (κ2) is 14.3. The average Bonchev–Trinajstić information content (AvgIpc) is 3.53. The Bertz CT molecular complexity index is 1630. The van der Waals surface area contributed by atoms with E-state index < -0.39 is 11.2 Å². The lowest BCUT2D eigenvalue weighted by Crippen LogP contribution is -2.47. The molecule has 0 unspecified atom stereocenters. The minimum absolute atomic E-state index is 0.0533. The Morgan fingerprint density at radius 2 is 1.70 bits per heavy atom. The molecule has 0 aliphatic carbocycles. The van der Waals surface area contributed by atoms with Crippen LogP contribution in [0.5, 0.6) is 5.75 Å². The molecule has 2 aliphatic heterocycles. The molecule has 0 bridgehead atoms. The summed E-state index contributed by atoms with van der Waals surface area (Å²) in [5.41, 5.74) is 7.17. The molecule has 2 fully saturated rings. The second-order valence-electron chi connectivity index (χ2n) is 13.8. The number of rotatable bonds is 6. The van der Waals surface area contributed by atoms with Gasteiger partial charge in [-0.1, -0.05) is 24.0 Å². The van der Waals surface area contributed by atoms with Crippen LogP contribution in [0.1, 0.15) is 82.4 Å². The largest absolute Gasteiger partial charge is 0.485 e. The van der Waals surface area contributed by atoms with Crippen molar-refractivity contribution >= 4 is 29.2 Å². The second-order valence-corrected chi connectivity index (χ2v) is 14.9. The minimum Gasteiger partial charge on any atom is -0.485 e. The number of anilines is 1. The minimum atomic E-state index is -1.06. The summed E-state index contributed by atoms with van der Waals surface area (Å²) < 4.78 is 11.6. The number of pyridine rings is 1. The van der Waals surface area contributed by atoms with Crippen LogP contribution in [-0.4, -0.2) is 74.3 Å². The van der Waals surface area contributed by atoms with E-state index in [1.807, 2.05) is 62.2 Å². The maximum Gasteiger partial charge on any atom is 0.410 e. The number of aliphatic hydroxyl groups is 1. The van der Waals surface area contributed by atoms with Gasteiger partial charge in [0.05, 0.1) is 9.88 Å². The summed E-state index contributed by atoms with van der Waals surface area (Å²) in [4.78, 5) is 39.5. The number of carbonyl (C=O) groups excluding carboxylic acids is 2. The van der Waals surface area contributed by atoms with Gasteiger partial charge in [-0.05, 0) is 84.1 Å². The van der Waals surface area contributed by atoms with Gasteiger partial charge in [0.1, 0.15) is 17.8 Å². The third-order valence-corrected chi connectivity index (χ3v) is 9.38. The number of nitrogens with zero attached hydrogens (tertiary/aromatic N) is 4. The van der Waals surface area contributed by atoms with Gasteiger partial charge in [-0.3, -0.25) is 4.79 Å². The average molecular weight is 660 g/mol. The van der Waals surface area contributed by atoms with Crippen LogP contribution in [0.15, 0.2) is 42.7 Å². The van der Waals surface area contributed by atoms with E-state index >= 15 is 0 Å². The number of carbonyl (C=O) groups is 2. The maximum atomic E-state index is 13.3. The lowest BCUT2D eigenvalue weighted by molar-refractivity contribution is -0.138. The zero-order chi connectivity index (χ0) is 33.8. The molecule has 4 heterocycles. The number of ether oxygens (including phenoxy) is 2. The number of piperidine rings is 2. The van der Waals surface area contributed by atoms with Crippen LogP contribution in [0.25, 0.3) is 10.4 Å². The van der Waals surface area contributed by atoms with Gasteiger partial charge < -0.3 is 30.1 Å². The summed E-state index contributed by atoms with van der Waals surface area (Å²) in [6.07, 6.45) is 6.37. The van der Waals surface area contributed by atoms with E-state index in [4.69, 9.17) is 20.2 Å². The van der Waals surface area contributed by atoms with Crippen molar-refractivity contribution in [2.24, 2.45) is 5.92 Å². The maximum absolute atomic E-state index is 13.3. The van der Waals surface area contributed by atoms with Crippen LogP contribution >= 0.6 is 11.3 Å². The Kier molecular flexibility index (Phi) is 10.4. The number of aromatic nitrogens is 2. The molecule has 0 spiro atoms. The van der Waals surface area contributed by atoms with Gasteiger partial charge in [0.25, 0.3) is 0 Å². The number of amides is 2. The van der Waals surface area contributed by atoms with E-state index in [0.717, 1.165) is 39.4 Å². The van der Waals surface area contributed by atoms with Crippen molar-refractivity contribution in [2.45, 2.75) is 84.0 Å². The Morgan fingerprint density at radius 3 is 2.38 bits per heavy atom. The molecule has 3 aromatic rings. The number of hydrogen-bond donors (Lipinski definition) is 2. The van der Waals surface area contributed by atoms with Crippen molar-refractivity contribution in [1.29, 1.82) is 0 Å². The molecule has 2 saturated heterocycles. The van der Waals surface area contributed by atoms with Crippen molar-refractivity contribution in [3.05, 3.63) is 58.9 Å². The zero-order valence-corrected chi connectivity index (χ0v) is 28.7. The quantitative estimate of drug-likeness (QED) is 0.316. The van der Waals surface area contributed by atoms with Gasteiger partial charge in [-0.2, -0.15) is 0 Å². The molecule has 47 heavy (non-hydrogen) atoms. The molecule has 5 rings (SSSR count). The highest BCUT2D eigenvalue weighted by atomic mass is 32.1. The first-order valence-electron chi connectivity index (χ1n) is 16.2. The third-order valence-electron chi connectivity index (χ3n) is 8.18. The predicted molar refractivity (Wildman–Crippen MR) is 183 cm³/mol. The molecule has 0 saturated carbocycles. The summed E-state index contributed by atoms with van der Waals surface area (Å²) >= 11 is 1.64. The molecule has 2 aromatic heterocycles. The first-order chi connectivity index (χ1) is 22.2. The predicted octanol–water partition coefficient (Wildman–Crippen LogP) is 5.84. The monoisotopic (exact) mass is 659 g/mol. The van der Waals surface area contributed by atoms with E-state index in [0.29, 0.717) is 57.2 Å². The van der Waals surface area contributed by atoms with E-state index in [1.165, 1.54) is 0 Å². The number of thiazole rings is 1. The van der Waals surface area contributed by atoms with Crippen molar-refractivity contribution in [3.8, 4) is 28.0 Å². The Hall–Kier alpha value is -4.14. The van der Waals surface area contributed by atoms with Crippen molar-refractivity contribution < 1.29 is 24.2 Å².